The van der Waals surface area contributed by atoms with Crippen molar-refractivity contribution in [1.29, 1.82) is 0 Å². The summed E-state index contributed by atoms with van der Waals surface area (Å²) < 4.78 is 37.5. The summed E-state index contributed by atoms with van der Waals surface area (Å²) in [4.78, 5) is 4.83. The van der Waals surface area contributed by atoms with Crippen molar-refractivity contribution in [2.24, 2.45) is 0 Å². The van der Waals surface area contributed by atoms with Crippen LogP contribution < -0.4 is 9.47 Å². The Bertz CT molecular complexity index is 970. The van der Waals surface area contributed by atoms with Crippen molar-refractivity contribution >= 4 is 9.84 Å². The molecule has 2 aromatic rings. The van der Waals surface area contributed by atoms with E-state index in [9.17, 15) is 18.6 Å². The molecule has 8 nitrogen and oxygen atoms in total. The van der Waals surface area contributed by atoms with Gasteiger partial charge in [0.05, 0.1) is 9.79 Å². The van der Waals surface area contributed by atoms with Gasteiger partial charge in [-0.15, -0.1) is 0 Å². The number of piperidine rings is 2. The summed E-state index contributed by atoms with van der Waals surface area (Å²) in [6, 6.07) is 12.5. The molecule has 0 spiro atoms. The van der Waals surface area contributed by atoms with Crippen LogP contribution in [0.2, 0.25) is 0 Å². The van der Waals surface area contributed by atoms with Gasteiger partial charge >= 0.3 is 0 Å². The average Bonchev–Trinajstić information content (AvgIpc) is 2.92. The van der Waals surface area contributed by atoms with Gasteiger partial charge in [0, 0.05) is 13.1 Å². The van der Waals surface area contributed by atoms with Crippen LogP contribution >= 0.6 is 0 Å². The van der Waals surface area contributed by atoms with Crippen molar-refractivity contribution in [3.63, 3.8) is 0 Å². The molecule has 2 unspecified atom stereocenters. The fourth-order valence-electron chi connectivity index (χ4n) is 4.94. The highest BCUT2D eigenvalue weighted by Gasteiger charge is 2.19. The van der Waals surface area contributed by atoms with E-state index in [0.717, 1.165) is 26.2 Å². The van der Waals surface area contributed by atoms with Gasteiger partial charge in [0.15, 0.2) is 0 Å². The van der Waals surface area contributed by atoms with Crippen molar-refractivity contribution in [2.75, 3.05) is 52.5 Å². The molecule has 2 heterocycles. The molecular weight excluding hydrogens is 492 g/mol. The molecule has 2 aliphatic heterocycles. The molecule has 37 heavy (non-hydrogen) atoms. The second-order valence-corrected chi connectivity index (χ2v) is 12.0. The lowest BCUT2D eigenvalue weighted by molar-refractivity contribution is 0.0616. The number of sulfone groups is 1. The number of aliphatic hydroxyl groups excluding tert-OH is 2. The van der Waals surface area contributed by atoms with Crippen LogP contribution in [0.4, 0.5) is 0 Å². The largest absolute Gasteiger partial charge is 0.491 e. The number of hydrogen-bond donors (Lipinski definition) is 2. The Morgan fingerprint density at radius 3 is 1.32 bits per heavy atom. The Morgan fingerprint density at radius 1 is 0.622 bits per heavy atom. The van der Waals surface area contributed by atoms with Crippen LogP contribution in [0.1, 0.15) is 38.5 Å². The number of β-amino-alcohol motifs (C(OH)–C–C–N with tert-alkyl or cyclic N) is 2. The Balaban J connectivity index is 1.25. The molecule has 2 atom stereocenters. The Kier molecular flexibility index (Phi) is 10.2. The normalized spacial score (nSPS) is 19.3. The van der Waals surface area contributed by atoms with E-state index < -0.39 is 22.0 Å². The maximum Gasteiger partial charge on any atom is 0.206 e. The third-order valence-corrected chi connectivity index (χ3v) is 8.77. The number of ether oxygens (including phenoxy) is 2. The van der Waals surface area contributed by atoms with E-state index in [2.05, 4.69) is 9.80 Å². The van der Waals surface area contributed by atoms with Crippen molar-refractivity contribution in [1.82, 2.24) is 9.80 Å². The van der Waals surface area contributed by atoms with Gasteiger partial charge in [-0.3, -0.25) is 0 Å². The number of nitrogens with zero attached hydrogens (tertiary/aromatic N) is 2. The standard InChI is InChI=1S/C28H40N2O6S/c31-23(19-29-15-3-1-4-16-29)21-35-25-7-11-27(12-8-25)37(33,34)28-13-9-26(10-14-28)36-22-24(32)20-30-17-5-2-6-18-30/h7-14,23-24,31-32H,1-6,15-22H2. The van der Waals surface area contributed by atoms with Gasteiger partial charge in [-0.25, -0.2) is 8.42 Å². The van der Waals surface area contributed by atoms with Gasteiger partial charge in [-0.05, 0) is 100 Å². The highest BCUT2D eigenvalue weighted by atomic mass is 32.2. The fourth-order valence-corrected chi connectivity index (χ4v) is 6.20. The monoisotopic (exact) mass is 532 g/mol. The van der Waals surface area contributed by atoms with E-state index in [1.807, 2.05) is 0 Å². The quantitative estimate of drug-likeness (QED) is 0.431. The van der Waals surface area contributed by atoms with Crippen LogP contribution in [0.3, 0.4) is 0 Å². The highest BCUT2D eigenvalue weighted by molar-refractivity contribution is 7.91. The van der Waals surface area contributed by atoms with Crippen LogP contribution in [-0.4, -0.2) is 93.1 Å². The second-order valence-electron chi connectivity index (χ2n) is 10.1. The van der Waals surface area contributed by atoms with Crippen molar-refractivity contribution in [2.45, 2.75) is 60.5 Å². The third kappa shape index (κ3) is 8.41. The minimum atomic E-state index is -3.70. The fraction of sp³-hybridized carbons (Fsp3) is 0.571. The van der Waals surface area contributed by atoms with Crippen molar-refractivity contribution in [3.05, 3.63) is 48.5 Å². The van der Waals surface area contributed by atoms with E-state index in [0.29, 0.717) is 24.6 Å². The Hall–Kier alpha value is -2.17. The van der Waals surface area contributed by atoms with Crippen LogP contribution in [0.15, 0.2) is 58.3 Å². The van der Waals surface area contributed by atoms with E-state index in [-0.39, 0.29) is 23.0 Å². The summed E-state index contributed by atoms with van der Waals surface area (Å²) in [6.45, 7) is 5.55. The summed E-state index contributed by atoms with van der Waals surface area (Å²) in [7, 11) is -3.70. The lowest BCUT2D eigenvalue weighted by Gasteiger charge is -2.28. The number of benzene rings is 2. The zero-order valence-electron chi connectivity index (χ0n) is 21.5. The molecule has 0 aromatic heterocycles. The lowest BCUT2D eigenvalue weighted by Crippen LogP contribution is -2.38. The number of aliphatic hydroxyl groups is 2. The smallest absolute Gasteiger partial charge is 0.206 e. The van der Waals surface area contributed by atoms with Gasteiger partial charge in [-0.1, -0.05) is 12.8 Å². The molecule has 0 bridgehead atoms. The molecule has 9 heteroatoms. The predicted octanol–water partition coefficient (Wildman–Crippen LogP) is 2.97. The molecule has 204 valence electrons. The summed E-state index contributed by atoms with van der Waals surface area (Å²) >= 11 is 0. The third-order valence-electron chi connectivity index (χ3n) is 6.99. The summed E-state index contributed by atoms with van der Waals surface area (Å²) in [5.41, 5.74) is 0. The van der Waals surface area contributed by atoms with Crippen LogP contribution in [0.5, 0.6) is 11.5 Å². The molecule has 2 fully saturated rings. The van der Waals surface area contributed by atoms with E-state index >= 15 is 0 Å². The first-order valence-corrected chi connectivity index (χ1v) is 14.9. The van der Waals surface area contributed by atoms with E-state index in [1.165, 1.54) is 62.8 Å². The van der Waals surface area contributed by atoms with Gasteiger partial charge < -0.3 is 29.5 Å². The molecule has 2 aromatic carbocycles. The first-order valence-electron chi connectivity index (χ1n) is 13.4. The maximum atomic E-state index is 13.1. The summed E-state index contributed by atoms with van der Waals surface area (Å²) in [6.07, 6.45) is 5.99. The van der Waals surface area contributed by atoms with Crippen molar-refractivity contribution in [3.8, 4) is 11.5 Å². The minimum absolute atomic E-state index is 0.163. The summed E-state index contributed by atoms with van der Waals surface area (Å²) in [5, 5.41) is 20.5. The predicted molar refractivity (Wildman–Crippen MR) is 142 cm³/mol. The second kappa shape index (κ2) is 13.6. The van der Waals surface area contributed by atoms with Crippen molar-refractivity contribution < 1.29 is 28.1 Å². The maximum absolute atomic E-state index is 13.1. The molecule has 2 saturated heterocycles. The number of hydrogen-bond acceptors (Lipinski definition) is 8. The molecular formula is C28H40N2O6S. The van der Waals surface area contributed by atoms with Crippen LogP contribution in [-0.2, 0) is 9.84 Å². The Morgan fingerprint density at radius 2 is 0.973 bits per heavy atom. The topological polar surface area (TPSA) is 99.5 Å². The van der Waals surface area contributed by atoms with E-state index in [4.69, 9.17) is 9.47 Å². The highest BCUT2D eigenvalue weighted by Crippen LogP contribution is 2.25. The lowest BCUT2D eigenvalue weighted by atomic mass is 10.1. The first-order chi connectivity index (χ1) is 17.9. The van der Waals surface area contributed by atoms with Gasteiger partial charge in [-0.2, -0.15) is 0 Å². The molecule has 0 saturated carbocycles. The van der Waals surface area contributed by atoms with E-state index in [1.54, 1.807) is 24.3 Å². The SMILES string of the molecule is O=S(=O)(c1ccc(OCC(O)CN2CCCCC2)cc1)c1ccc(OCC(O)CN2CCCCC2)cc1. The average molecular weight is 533 g/mol. The summed E-state index contributed by atoms with van der Waals surface area (Å²) in [5.74, 6) is 1.03. The molecule has 0 radical (unpaired) electrons. The van der Waals surface area contributed by atoms with Crippen LogP contribution in [0, 0.1) is 0 Å². The number of rotatable bonds is 12. The van der Waals surface area contributed by atoms with Gasteiger partial charge in [0.1, 0.15) is 36.9 Å². The molecule has 0 amide bonds. The van der Waals surface area contributed by atoms with Gasteiger partial charge in [0.2, 0.25) is 9.84 Å². The first kappa shape index (κ1) is 27.9. The Labute approximate surface area is 220 Å². The zero-order chi connectivity index (χ0) is 26.1. The molecule has 2 aliphatic rings. The molecule has 2 N–H and O–H groups in total. The molecule has 4 rings (SSSR count). The molecule has 0 aliphatic carbocycles. The minimum Gasteiger partial charge on any atom is -0.491 e. The van der Waals surface area contributed by atoms with Gasteiger partial charge in [0.25, 0.3) is 0 Å². The van der Waals surface area contributed by atoms with Crippen LogP contribution in [0.25, 0.3) is 0 Å². The number of likely N-dealkylation sites (tertiary alicyclic amines) is 2. The zero-order valence-corrected chi connectivity index (χ0v) is 22.3.